The lowest BCUT2D eigenvalue weighted by atomic mass is 10.0. The molecule has 40 heavy (non-hydrogen) atoms. The summed E-state index contributed by atoms with van der Waals surface area (Å²) in [7, 11) is 0. The van der Waals surface area contributed by atoms with Crippen molar-refractivity contribution in [2.75, 3.05) is 26.3 Å². The van der Waals surface area contributed by atoms with Gasteiger partial charge in [-0.3, -0.25) is 9.80 Å². The van der Waals surface area contributed by atoms with E-state index in [1.807, 2.05) is 67.6 Å². The molecule has 2 amide bonds. The van der Waals surface area contributed by atoms with Gasteiger partial charge in [0, 0.05) is 19.0 Å². The van der Waals surface area contributed by atoms with Gasteiger partial charge in [0.15, 0.2) is 0 Å². The number of carbonyl (C=O) groups excluding carboxylic acids is 2. The number of carbonyl (C=O) groups is 2. The molecule has 10 nitrogen and oxygen atoms in total. The molecule has 4 aliphatic heterocycles. The fourth-order valence-electron chi connectivity index (χ4n) is 5.79. The number of benzene rings is 2. The number of hydrogen-bond donors (Lipinski definition) is 2. The van der Waals surface area contributed by atoms with Crippen LogP contribution in [0.5, 0.6) is 0 Å². The maximum absolute atomic E-state index is 12.2. The minimum Gasteiger partial charge on any atom is -0.445 e. The summed E-state index contributed by atoms with van der Waals surface area (Å²) in [5.41, 5.74) is 1.87. The number of rotatable bonds is 4. The van der Waals surface area contributed by atoms with Gasteiger partial charge in [0.1, 0.15) is 25.4 Å². The van der Waals surface area contributed by atoms with E-state index in [0.29, 0.717) is 19.7 Å². The van der Waals surface area contributed by atoms with E-state index in [4.69, 9.17) is 30.5 Å². The maximum Gasteiger partial charge on any atom is 0.410 e. The molecule has 0 radical (unpaired) electrons. The van der Waals surface area contributed by atoms with Crippen molar-refractivity contribution in [1.29, 1.82) is 0 Å². The molecule has 4 saturated heterocycles. The van der Waals surface area contributed by atoms with Crippen LogP contribution in [0.2, 0.25) is 0 Å². The van der Waals surface area contributed by atoms with Crippen LogP contribution in [0.3, 0.4) is 0 Å². The fourth-order valence-corrected chi connectivity index (χ4v) is 6.16. The third-order valence-electron chi connectivity index (χ3n) is 7.75. The van der Waals surface area contributed by atoms with Crippen molar-refractivity contribution in [3.05, 3.63) is 71.8 Å². The van der Waals surface area contributed by atoms with Gasteiger partial charge in [-0.2, -0.15) is 0 Å². The Labute approximate surface area is 238 Å². The van der Waals surface area contributed by atoms with Gasteiger partial charge in [0.25, 0.3) is 0 Å². The van der Waals surface area contributed by atoms with Crippen LogP contribution >= 0.6 is 11.6 Å². The molecular formula is C29H35ClN2O8. The predicted molar refractivity (Wildman–Crippen MR) is 145 cm³/mol. The largest absolute Gasteiger partial charge is 0.445 e. The number of aliphatic hydroxyl groups is 2. The van der Waals surface area contributed by atoms with Crippen LogP contribution in [0.25, 0.3) is 0 Å². The SMILES string of the molecule is C[C@@H]1CN(C(=O)OCc2ccccc2)[C@H]2[C@@H]1OC[C@@H]2O.O=C(OCc1ccccc1)N1C[C@H](Cl)[C@H]2OC[C@H](O)[C@H]21. The first-order valence-electron chi connectivity index (χ1n) is 13.5. The second kappa shape index (κ2) is 12.7. The Morgan fingerprint density at radius 1 is 0.800 bits per heavy atom. The van der Waals surface area contributed by atoms with Gasteiger partial charge in [0.05, 0.1) is 42.9 Å². The summed E-state index contributed by atoms with van der Waals surface area (Å²) in [4.78, 5) is 27.4. The Morgan fingerprint density at radius 2 is 1.25 bits per heavy atom. The Bertz CT molecular complexity index is 1050. The molecule has 2 aromatic rings. The minimum atomic E-state index is -0.701. The van der Waals surface area contributed by atoms with E-state index < -0.39 is 24.3 Å². The van der Waals surface area contributed by atoms with E-state index >= 15 is 0 Å². The summed E-state index contributed by atoms with van der Waals surface area (Å²) in [5.74, 6) is 0.224. The van der Waals surface area contributed by atoms with E-state index in [2.05, 4.69) is 0 Å². The van der Waals surface area contributed by atoms with Crippen LogP contribution in [0.4, 0.5) is 9.59 Å². The van der Waals surface area contributed by atoms with Crippen molar-refractivity contribution in [3.63, 3.8) is 0 Å². The van der Waals surface area contributed by atoms with Gasteiger partial charge in [-0.15, -0.1) is 11.6 Å². The lowest BCUT2D eigenvalue weighted by Crippen LogP contribution is -2.44. The number of likely N-dealkylation sites (tertiary alicyclic amines) is 2. The molecule has 0 spiro atoms. The fraction of sp³-hybridized carbons (Fsp3) is 0.517. The zero-order chi connectivity index (χ0) is 28.2. The highest BCUT2D eigenvalue weighted by Crippen LogP contribution is 2.34. The van der Waals surface area contributed by atoms with Crippen molar-refractivity contribution in [1.82, 2.24) is 9.80 Å². The van der Waals surface area contributed by atoms with Crippen molar-refractivity contribution in [2.45, 2.75) is 62.0 Å². The lowest BCUT2D eigenvalue weighted by Gasteiger charge is -2.24. The number of ether oxygens (including phenoxy) is 4. The quantitative estimate of drug-likeness (QED) is 0.535. The van der Waals surface area contributed by atoms with Crippen LogP contribution in [-0.2, 0) is 32.2 Å². The second-order valence-corrected chi connectivity index (χ2v) is 11.2. The number of fused-ring (bicyclic) bond motifs is 2. The van der Waals surface area contributed by atoms with E-state index in [1.165, 1.54) is 4.90 Å². The van der Waals surface area contributed by atoms with Crippen molar-refractivity contribution >= 4 is 23.8 Å². The third kappa shape index (κ3) is 6.21. The molecular weight excluding hydrogens is 540 g/mol. The van der Waals surface area contributed by atoms with Crippen LogP contribution < -0.4 is 0 Å². The first-order chi connectivity index (χ1) is 19.3. The minimum absolute atomic E-state index is 0.0747. The summed E-state index contributed by atoms with van der Waals surface area (Å²) < 4.78 is 21.6. The number of amides is 2. The maximum atomic E-state index is 12.2. The van der Waals surface area contributed by atoms with E-state index in [0.717, 1.165) is 11.1 Å². The molecule has 0 aliphatic carbocycles. The summed E-state index contributed by atoms with van der Waals surface area (Å²) in [6, 6.07) is 18.3. The first kappa shape index (κ1) is 28.6. The van der Waals surface area contributed by atoms with Gasteiger partial charge in [-0.25, -0.2) is 9.59 Å². The van der Waals surface area contributed by atoms with Crippen molar-refractivity contribution < 1.29 is 38.7 Å². The van der Waals surface area contributed by atoms with Crippen LogP contribution in [0, 0.1) is 5.92 Å². The van der Waals surface area contributed by atoms with Gasteiger partial charge in [0.2, 0.25) is 0 Å². The lowest BCUT2D eigenvalue weighted by molar-refractivity contribution is 0.0566. The summed E-state index contributed by atoms with van der Waals surface area (Å²) >= 11 is 6.15. The number of halogens is 1. The standard InChI is InChI=1S/C15H19NO4.C14H16ClNO4/c1-10-7-16(13-12(17)9-19-14(10)13)15(18)20-8-11-5-3-2-4-6-11;15-10-6-16(12-11(17)8-19-13(10)12)14(18)20-7-9-4-2-1-3-5-9/h2-6,10,12-14,17H,7-9H2,1H3;1-5,10-13,17H,6-8H2/t10-,12+,13-,14-;10-,11-,12+,13+/m10/s1. The summed E-state index contributed by atoms with van der Waals surface area (Å²) in [6.07, 6.45) is -2.54. The highest BCUT2D eigenvalue weighted by Gasteiger charge is 2.52. The van der Waals surface area contributed by atoms with E-state index in [-0.39, 0.29) is 55.5 Å². The van der Waals surface area contributed by atoms with E-state index in [9.17, 15) is 19.8 Å². The van der Waals surface area contributed by atoms with E-state index in [1.54, 1.807) is 4.90 Å². The Balaban J connectivity index is 0.000000161. The Morgan fingerprint density at radius 3 is 1.77 bits per heavy atom. The first-order valence-corrected chi connectivity index (χ1v) is 13.9. The smallest absolute Gasteiger partial charge is 0.410 e. The molecule has 2 N–H and O–H groups in total. The van der Waals surface area contributed by atoms with Crippen molar-refractivity contribution in [3.8, 4) is 0 Å². The van der Waals surface area contributed by atoms with Crippen LogP contribution in [0.15, 0.2) is 60.7 Å². The average molecular weight is 575 g/mol. The Hall–Kier alpha value is -2.89. The molecule has 11 heteroatoms. The zero-order valence-electron chi connectivity index (χ0n) is 22.3. The normalized spacial score (nSPS) is 32.2. The van der Waals surface area contributed by atoms with Crippen molar-refractivity contribution in [2.24, 2.45) is 5.92 Å². The zero-order valence-corrected chi connectivity index (χ0v) is 23.0. The van der Waals surface area contributed by atoms with Gasteiger partial charge < -0.3 is 29.2 Å². The molecule has 8 atom stereocenters. The molecule has 0 saturated carbocycles. The molecule has 4 heterocycles. The molecule has 2 aromatic carbocycles. The number of aliphatic hydroxyl groups excluding tert-OH is 2. The topological polar surface area (TPSA) is 118 Å². The molecule has 0 bridgehead atoms. The number of hydrogen-bond acceptors (Lipinski definition) is 8. The number of alkyl halides is 1. The van der Waals surface area contributed by atoms with Gasteiger partial charge >= 0.3 is 12.2 Å². The Kier molecular flexibility index (Phi) is 9.12. The molecule has 0 unspecified atom stereocenters. The monoisotopic (exact) mass is 574 g/mol. The molecule has 216 valence electrons. The molecule has 4 aliphatic rings. The molecule has 4 fully saturated rings. The predicted octanol–water partition coefficient (Wildman–Crippen LogP) is 2.78. The summed E-state index contributed by atoms with van der Waals surface area (Å²) in [5, 5.41) is 19.5. The molecule has 6 rings (SSSR count). The highest BCUT2D eigenvalue weighted by atomic mass is 35.5. The highest BCUT2D eigenvalue weighted by molar-refractivity contribution is 6.21. The third-order valence-corrected chi connectivity index (χ3v) is 8.14. The molecule has 0 aromatic heterocycles. The summed E-state index contributed by atoms with van der Waals surface area (Å²) in [6.45, 7) is 3.89. The van der Waals surface area contributed by atoms with Gasteiger partial charge in [-0.05, 0) is 11.1 Å². The van der Waals surface area contributed by atoms with Crippen LogP contribution in [0.1, 0.15) is 18.1 Å². The van der Waals surface area contributed by atoms with Crippen LogP contribution in [-0.4, -0.2) is 100 Å². The second-order valence-electron chi connectivity index (χ2n) is 10.6. The average Bonchev–Trinajstić information content (AvgIpc) is 3.72. The van der Waals surface area contributed by atoms with Gasteiger partial charge in [-0.1, -0.05) is 67.6 Å². The number of nitrogens with zero attached hydrogens (tertiary/aromatic N) is 2.